The molecule has 146 valence electrons. The van der Waals surface area contributed by atoms with Crippen LogP contribution < -0.4 is 5.32 Å². The summed E-state index contributed by atoms with van der Waals surface area (Å²) < 4.78 is 1.67. The van der Waals surface area contributed by atoms with E-state index in [0.29, 0.717) is 11.7 Å². The topological polar surface area (TPSA) is 72.7 Å². The average molecular weight is 396 g/mol. The summed E-state index contributed by atoms with van der Waals surface area (Å²) in [5.41, 5.74) is 4.48. The molecule has 0 aliphatic rings. The standard InChI is InChI=1S/C21H25N5OS/c1-14-10-11-19(12-15(14)2)26-21(23-24-25-26)28-17(4)20(27)22-13-16(3)18-8-6-5-7-9-18/h5-12,16-17H,13H2,1-4H3,(H,22,27). The Kier molecular flexibility index (Phi) is 6.46. The van der Waals surface area contributed by atoms with Gasteiger partial charge in [-0.25, -0.2) is 0 Å². The third-order valence-corrected chi connectivity index (χ3v) is 5.81. The van der Waals surface area contributed by atoms with E-state index < -0.39 is 0 Å². The molecule has 2 aromatic carbocycles. The van der Waals surface area contributed by atoms with E-state index in [0.717, 1.165) is 5.69 Å². The quantitative estimate of drug-likeness (QED) is 0.618. The van der Waals surface area contributed by atoms with Gasteiger partial charge in [0.15, 0.2) is 0 Å². The molecule has 7 heteroatoms. The Labute approximate surface area is 169 Å². The summed E-state index contributed by atoms with van der Waals surface area (Å²) in [7, 11) is 0. The fourth-order valence-electron chi connectivity index (χ4n) is 2.78. The van der Waals surface area contributed by atoms with Crippen molar-refractivity contribution in [2.75, 3.05) is 6.54 Å². The van der Waals surface area contributed by atoms with E-state index >= 15 is 0 Å². The molecule has 0 aliphatic carbocycles. The average Bonchev–Trinajstić information content (AvgIpc) is 3.16. The first-order chi connectivity index (χ1) is 13.5. The van der Waals surface area contributed by atoms with Crippen LogP contribution in [0.15, 0.2) is 53.7 Å². The van der Waals surface area contributed by atoms with Crippen LogP contribution >= 0.6 is 11.8 Å². The summed E-state index contributed by atoms with van der Waals surface area (Å²) in [5.74, 6) is 0.227. The molecule has 1 aromatic heterocycles. The number of tetrazole rings is 1. The number of hydrogen-bond acceptors (Lipinski definition) is 5. The highest BCUT2D eigenvalue weighted by Gasteiger charge is 2.20. The molecule has 28 heavy (non-hydrogen) atoms. The molecule has 0 saturated heterocycles. The number of aromatic nitrogens is 4. The lowest BCUT2D eigenvalue weighted by Gasteiger charge is -2.16. The van der Waals surface area contributed by atoms with Gasteiger partial charge >= 0.3 is 0 Å². The Hall–Kier alpha value is -2.67. The van der Waals surface area contributed by atoms with E-state index in [-0.39, 0.29) is 17.1 Å². The number of carbonyl (C=O) groups excluding carboxylic acids is 1. The SMILES string of the molecule is Cc1ccc(-n2nnnc2SC(C)C(=O)NCC(C)c2ccccc2)cc1C. The molecular formula is C21H25N5OS. The number of carbonyl (C=O) groups is 1. The molecule has 2 unspecified atom stereocenters. The van der Waals surface area contributed by atoms with Gasteiger partial charge in [-0.15, -0.1) is 5.10 Å². The zero-order chi connectivity index (χ0) is 20.1. The molecule has 0 fully saturated rings. The minimum atomic E-state index is -0.306. The van der Waals surface area contributed by atoms with E-state index in [2.05, 4.69) is 53.7 Å². The molecule has 0 aliphatic heterocycles. The number of thioether (sulfide) groups is 1. The zero-order valence-electron chi connectivity index (χ0n) is 16.6. The molecule has 1 amide bonds. The van der Waals surface area contributed by atoms with Gasteiger partial charge in [-0.05, 0) is 65.9 Å². The van der Waals surface area contributed by atoms with Crippen LogP contribution in [0.5, 0.6) is 0 Å². The minimum Gasteiger partial charge on any atom is -0.355 e. The lowest BCUT2D eigenvalue weighted by Crippen LogP contribution is -2.33. The highest BCUT2D eigenvalue weighted by molar-refractivity contribution is 8.00. The van der Waals surface area contributed by atoms with Crippen molar-refractivity contribution in [2.45, 2.75) is 44.0 Å². The highest BCUT2D eigenvalue weighted by Crippen LogP contribution is 2.24. The Bertz CT molecular complexity index is 941. The summed E-state index contributed by atoms with van der Waals surface area (Å²) in [4.78, 5) is 12.5. The third kappa shape index (κ3) is 4.78. The predicted molar refractivity (Wildman–Crippen MR) is 112 cm³/mol. The number of rotatable bonds is 7. The van der Waals surface area contributed by atoms with Crippen LogP contribution in [0.25, 0.3) is 5.69 Å². The lowest BCUT2D eigenvalue weighted by atomic mass is 10.0. The van der Waals surface area contributed by atoms with Gasteiger partial charge in [0.05, 0.1) is 10.9 Å². The van der Waals surface area contributed by atoms with E-state index in [1.165, 1.54) is 28.5 Å². The summed E-state index contributed by atoms with van der Waals surface area (Å²) in [5, 5.41) is 15.3. The first-order valence-corrected chi connectivity index (χ1v) is 10.2. The maximum Gasteiger partial charge on any atom is 0.233 e. The van der Waals surface area contributed by atoms with Gasteiger partial charge in [0.25, 0.3) is 0 Å². The fourth-order valence-corrected chi connectivity index (χ4v) is 3.61. The van der Waals surface area contributed by atoms with Crippen LogP contribution in [-0.4, -0.2) is 37.9 Å². The number of benzene rings is 2. The van der Waals surface area contributed by atoms with Crippen molar-refractivity contribution in [3.63, 3.8) is 0 Å². The molecule has 0 spiro atoms. The number of nitrogens with one attached hydrogen (secondary N) is 1. The smallest absolute Gasteiger partial charge is 0.233 e. The number of aryl methyl sites for hydroxylation is 2. The monoisotopic (exact) mass is 395 g/mol. The summed E-state index contributed by atoms with van der Waals surface area (Å²) in [6.07, 6.45) is 0. The molecular weight excluding hydrogens is 370 g/mol. The van der Waals surface area contributed by atoms with E-state index in [9.17, 15) is 4.79 Å². The van der Waals surface area contributed by atoms with Gasteiger partial charge in [-0.1, -0.05) is 55.1 Å². The van der Waals surface area contributed by atoms with Crippen molar-refractivity contribution in [1.82, 2.24) is 25.5 Å². The van der Waals surface area contributed by atoms with Gasteiger partial charge in [-0.2, -0.15) is 4.68 Å². The lowest BCUT2D eigenvalue weighted by molar-refractivity contribution is -0.120. The fraction of sp³-hybridized carbons (Fsp3) is 0.333. The van der Waals surface area contributed by atoms with Gasteiger partial charge in [0.1, 0.15) is 0 Å². The van der Waals surface area contributed by atoms with Gasteiger partial charge < -0.3 is 5.32 Å². The van der Waals surface area contributed by atoms with Gasteiger partial charge in [0, 0.05) is 6.54 Å². The molecule has 3 aromatic rings. The molecule has 0 bridgehead atoms. The Balaban J connectivity index is 1.62. The summed E-state index contributed by atoms with van der Waals surface area (Å²) in [6, 6.07) is 16.2. The van der Waals surface area contributed by atoms with Crippen LogP contribution in [0.1, 0.15) is 36.5 Å². The maximum absolute atomic E-state index is 12.5. The van der Waals surface area contributed by atoms with Crippen LogP contribution in [0.4, 0.5) is 0 Å². The molecule has 3 rings (SSSR count). The van der Waals surface area contributed by atoms with Crippen molar-refractivity contribution in [3.8, 4) is 5.69 Å². The van der Waals surface area contributed by atoms with Crippen LogP contribution in [0, 0.1) is 13.8 Å². The molecule has 1 heterocycles. The van der Waals surface area contributed by atoms with Crippen LogP contribution in [0.3, 0.4) is 0 Å². The molecule has 6 nitrogen and oxygen atoms in total. The summed E-state index contributed by atoms with van der Waals surface area (Å²) in [6.45, 7) is 8.69. The van der Waals surface area contributed by atoms with Crippen LogP contribution in [-0.2, 0) is 4.79 Å². The van der Waals surface area contributed by atoms with Crippen molar-refractivity contribution in [3.05, 3.63) is 65.2 Å². The largest absolute Gasteiger partial charge is 0.355 e. The zero-order valence-corrected chi connectivity index (χ0v) is 17.4. The second kappa shape index (κ2) is 9.01. The van der Waals surface area contributed by atoms with Crippen molar-refractivity contribution in [2.24, 2.45) is 0 Å². The first kappa shape index (κ1) is 20.1. The molecule has 0 saturated carbocycles. The highest BCUT2D eigenvalue weighted by atomic mass is 32.2. The second-order valence-corrected chi connectivity index (χ2v) is 8.27. The number of hydrogen-bond donors (Lipinski definition) is 1. The Morgan fingerprint density at radius 2 is 1.86 bits per heavy atom. The summed E-state index contributed by atoms with van der Waals surface area (Å²) >= 11 is 1.35. The van der Waals surface area contributed by atoms with E-state index in [4.69, 9.17) is 0 Å². The van der Waals surface area contributed by atoms with Crippen molar-refractivity contribution < 1.29 is 4.79 Å². The number of nitrogens with zero attached hydrogens (tertiary/aromatic N) is 4. The van der Waals surface area contributed by atoms with Gasteiger partial charge in [0.2, 0.25) is 11.1 Å². The maximum atomic E-state index is 12.5. The van der Waals surface area contributed by atoms with E-state index in [1.807, 2.05) is 43.3 Å². The normalized spacial score (nSPS) is 13.1. The second-order valence-electron chi connectivity index (χ2n) is 6.96. The van der Waals surface area contributed by atoms with Crippen molar-refractivity contribution >= 4 is 17.7 Å². The predicted octanol–water partition coefficient (Wildman–Crippen LogP) is 3.68. The van der Waals surface area contributed by atoms with Crippen molar-refractivity contribution in [1.29, 1.82) is 0 Å². The molecule has 1 N–H and O–H groups in total. The molecule has 0 radical (unpaired) electrons. The van der Waals surface area contributed by atoms with Crippen LogP contribution in [0.2, 0.25) is 0 Å². The molecule has 2 atom stereocenters. The van der Waals surface area contributed by atoms with Gasteiger partial charge in [-0.3, -0.25) is 4.79 Å². The minimum absolute atomic E-state index is 0.0255. The van der Waals surface area contributed by atoms with E-state index in [1.54, 1.807) is 4.68 Å². The number of amides is 1. The third-order valence-electron chi connectivity index (χ3n) is 4.78. The Morgan fingerprint density at radius 3 is 2.57 bits per heavy atom. The Morgan fingerprint density at radius 1 is 1.11 bits per heavy atom. The first-order valence-electron chi connectivity index (χ1n) is 9.31.